The van der Waals surface area contributed by atoms with Crippen molar-refractivity contribution in [1.82, 2.24) is 10.2 Å². The number of carbonyl (C=O) groups excluding carboxylic acids is 2. The highest BCUT2D eigenvalue weighted by Gasteiger charge is 2.28. The minimum Gasteiger partial charge on any atom is -0.352 e. The molecular formula is C15H20N2O2. The van der Waals surface area contributed by atoms with Gasteiger partial charge in [-0.15, -0.1) is 0 Å². The first kappa shape index (κ1) is 13.6. The second kappa shape index (κ2) is 5.87. The van der Waals surface area contributed by atoms with Crippen molar-refractivity contribution in [3.63, 3.8) is 0 Å². The van der Waals surface area contributed by atoms with E-state index in [1.165, 1.54) is 6.92 Å². The van der Waals surface area contributed by atoms with E-state index in [4.69, 9.17) is 0 Å². The van der Waals surface area contributed by atoms with Crippen LogP contribution in [0.3, 0.4) is 0 Å². The number of amides is 2. The normalized spacial score (nSPS) is 22.9. The summed E-state index contributed by atoms with van der Waals surface area (Å²) < 4.78 is 0. The zero-order valence-electron chi connectivity index (χ0n) is 11.4. The molecule has 4 heteroatoms. The molecule has 1 aromatic rings. The van der Waals surface area contributed by atoms with Gasteiger partial charge in [0.25, 0.3) is 5.91 Å². The van der Waals surface area contributed by atoms with Crippen molar-refractivity contribution < 1.29 is 9.59 Å². The van der Waals surface area contributed by atoms with Crippen molar-refractivity contribution in [2.75, 3.05) is 13.1 Å². The van der Waals surface area contributed by atoms with Crippen LogP contribution in [-0.4, -0.2) is 35.8 Å². The molecule has 1 saturated heterocycles. The van der Waals surface area contributed by atoms with Crippen LogP contribution in [0, 0.1) is 5.92 Å². The van der Waals surface area contributed by atoms with Crippen molar-refractivity contribution in [2.45, 2.75) is 26.3 Å². The highest BCUT2D eigenvalue weighted by Crippen LogP contribution is 2.18. The summed E-state index contributed by atoms with van der Waals surface area (Å²) in [6.45, 7) is 4.98. The Kier molecular flexibility index (Phi) is 4.20. The Morgan fingerprint density at radius 3 is 2.53 bits per heavy atom. The fraction of sp³-hybridized carbons (Fsp3) is 0.467. The Balaban J connectivity index is 2.07. The number of carbonyl (C=O) groups is 2. The zero-order chi connectivity index (χ0) is 13.8. The Labute approximate surface area is 113 Å². The van der Waals surface area contributed by atoms with Gasteiger partial charge < -0.3 is 10.2 Å². The van der Waals surface area contributed by atoms with Gasteiger partial charge in [0, 0.05) is 31.6 Å². The average molecular weight is 260 g/mol. The van der Waals surface area contributed by atoms with Crippen LogP contribution < -0.4 is 5.32 Å². The second-order valence-electron chi connectivity index (χ2n) is 5.31. The quantitative estimate of drug-likeness (QED) is 0.879. The molecule has 1 heterocycles. The Hall–Kier alpha value is -1.84. The molecule has 0 aromatic heterocycles. The van der Waals surface area contributed by atoms with Gasteiger partial charge in [0.2, 0.25) is 5.91 Å². The van der Waals surface area contributed by atoms with Crippen LogP contribution in [0.2, 0.25) is 0 Å². The second-order valence-corrected chi connectivity index (χ2v) is 5.31. The average Bonchev–Trinajstić information content (AvgIpc) is 2.37. The summed E-state index contributed by atoms with van der Waals surface area (Å²) >= 11 is 0. The van der Waals surface area contributed by atoms with E-state index in [2.05, 4.69) is 12.2 Å². The molecule has 0 aliphatic carbocycles. The number of piperidine rings is 1. The van der Waals surface area contributed by atoms with E-state index in [-0.39, 0.29) is 17.9 Å². The maximum absolute atomic E-state index is 12.4. The predicted molar refractivity (Wildman–Crippen MR) is 73.7 cm³/mol. The molecule has 1 aliphatic rings. The molecule has 1 aliphatic heterocycles. The molecule has 2 rings (SSSR count). The predicted octanol–water partition coefficient (Wildman–Crippen LogP) is 1.67. The Bertz CT molecular complexity index is 458. The highest BCUT2D eigenvalue weighted by molar-refractivity contribution is 5.94. The van der Waals surface area contributed by atoms with Crippen LogP contribution in [-0.2, 0) is 4.79 Å². The van der Waals surface area contributed by atoms with Crippen molar-refractivity contribution in [2.24, 2.45) is 5.92 Å². The molecule has 0 saturated carbocycles. The maximum Gasteiger partial charge on any atom is 0.253 e. The topological polar surface area (TPSA) is 49.4 Å². The molecular weight excluding hydrogens is 240 g/mol. The number of nitrogens with zero attached hydrogens (tertiary/aromatic N) is 1. The fourth-order valence-corrected chi connectivity index (χ4v) is 2.67. The third-order valence-electron chi connectivity index (χ3n) is 3.38. The van der Waals surface area contributed by atoms with Gasteiger partial charge in [-0.3, -0.25) is 9.59 Å². The summed E-state index contributed by atoms with van der Waals surface area (Å²) in [7, 11) is 0. The summed E-state index contributed by atoms with van der Waals surface area (Å²) in [5.41, 5.74) is 0.707. The van der Waals surface area contributed by atoms with E-state index >= 15 is 0 Å². The fourth-order valence-electron chi connectivity index (χ4n) is 2.67. The third-order valence-corrected chi connectivity index (χ3v) is 3.38. The van der Waals surface area contributed by atoms with Crippen LogP contribution in [0.5, 0.6) is 0 Å². The smallest absolute Gasteiger partial charge is 0.253 e. The highest BCUT2D eigenvalue weighted by atomic mass is 16.2. The first-order valence-electron chi connectivity index (χ1n) is 6.67. The van der Waals surface area contributed by atoms with Crippen LogP contribution in [0.15, 0.2) is 30.3 Å². The molecule has 102 valence electrons. The van der Waals surface area contributed by atoms with E-state index in [0.717, 1.165) is 13.0 Å². The lowest BCUT2D eigenvalue weighted by molar-refractivity contribution is -0.120. The third kappa shape index (κ3) is 3.56. The number of rotatable bonds is 2. The van der Waals surface area contributed by atoms with Gasteiger partial charge in [-0.2, -0.15) is 0 Å². The zero-order valence-corrected chi connectivity index (χ0v) is 11.4. The molecule has 4 nitrogen and oxygen atoms in total. The summed E-state index contributed by atoms with van der Waals surface area (Å²) in [5, 5.41) is 2.92. The molecule has 1 N–H and O–H groups in total. The molecule has 0 spiro atoms. The van der Waals surface area contributed by atoms with Gasteiger partial charge in [0.1, 0.15) is 0 Å². The molecule has 0 radical (unpaired) electrons. The largest absolute Gasteiger partial charge is 0.352 e. The minimum absolute atomic E-state index is 0.0359. The van der Waals surface area contributed by atoms with Gasteiger partial charge in [-0.05, 0) is 24.5 Å². The molecule has 2 unspecified atom stereocenters. The lowest BCUT2D eigenvalue weighted by Crippen LogP contribution is -2.51. The van der Waals surface area contributed by atoms with Gasteiger partial charge >= 0.3 is 0 Å². The first-order valence-corrected chi connectivity index (χ1v) is 6.67. The van der Waals surface area contributed by atoms with Gasteiger partial charge in [0.15, 0.2) is 0 Å². The van der Waals surface area contributed by atoms with Gasteiger partial charge in [-0.25, -0.2) is 0 Å². The Morgan fingerprint density at radius 1 is 1.21 bits per heavy atom. The van der Waals surface area contributed by atoms with Crippen LogP contribution in [0.25, 0.3) is 0 Å². The standard InChI is InChI=1S/C15H20N2O2/c1-11-8-14(16-12(2)18)10-17(9-11)15(19)13-6-4-3-5-7-13/h3-7,11,14H,8-10H2,1-2H3,(H,16,18). The number of hydrogen-bond donors (Lipinski definition) is 1. The lowest BCUT2D eigenvalue weighted by atomic mass is 9.95. The van der Waals surface area contributed by atoms with Crippen molar-refractivity contribution >= 4 is 11.8 Å². The van der Waals surface area contributed by atoms with Crippen LogP contribution in [0.4, 0.5) is 0 Å². The van der Waals surface area contributed by atoms with E-state index in [0.29, 0.717) is 18.0 Å². The van der Waals surface area contributed by atoms with E-state index in [1.54, 1.807) is 0 Å². The van der Waals surface area contributed by atoms with Crippen molar-refractivity contribution in [3.8, 4) is 0 Å². The van der Waals surface area contributed by atoms with Crippen LogP contribution >= 0.6 is 0 Å². The van der Waals surface area contributed by atoms with Crippen LogP contribution in [0.1, 0.15) is 30.6 Å². The number of benzene rings is 1. The Morgan fingerprint density at radius 2 is 1.89 bits per heavy atom. The summed E-state index contributed by atoms with van der Waals surface area (Å²) in [5.74, 6) is 0.409. The van der Waals surface area contributed by atoms with E-state index in [9.17, 15) is 9.59 Å². The molecule has 2 amide bonds. The molecule has 0 bridgehead atoms. The number of nitrogens with one attached hydrogen (secondary N) is 1. The lowest BCUT2D eigenvalue weighted by Gasteiger charge is -2.36. The number of hydrogen-bond acceptors (Lipinski definition) is 2. The van der Waals surface area contributed by atoms with Crippen molar-refractivity contribution in [3.05, 3.63) is 35.9 Å². The SMILES string of the molecule is CC(=O)NC1CC(C)CN(C(=O)c2ccccc2)C1. The summed E-state index contributed by atoms with van der Waals surface area (Å²) in [6, 6.07) is 9.35. The summed E-state index contributed by atoms with van der Waals surface area (Å²) in [4.78, 5) is 25.4. The minimum atomic E-state index is -0.0359. The van der Waals surface area contributed by atoms with Gasteiger partial charge in [0.05, 0.1) is 0 Å². The van der Waals surface area contributed by atoms with E-state index in [1.807, 2.05) is 35.2 Å². The van der Waals surface area contributed by atoms with Gasteiger partial charge in [-0.1, -0.05) is 25.1 Å². The van der Waals surface area contributed by atoms with E-state index < -0.39 is 0 Å². The first-order chi connectivity index (χ1) is 9.06. The van der Waals surface area contributed by atoms with Crippen molar-refractivity contribution in [1.29, 1.82) is 0 Å². The molecule has 1 aromatic carbocycles. The number of likely N-dealkylation sites (tertiary alicyclic amines) is 1. The maximum atomic E-state index is 12.4. The molecule has 19 heavy (non-hydrogen) atoms. The molecule has 1 fully saturated rings. The summed E-state index contributed by atoms with van der Waals surface area (Å²) in [6.07, 6.45) is 0.929. The molecule has 2 atom stereocenters. The monoisotopic (exact) mass is 260 g/mol.